The second-order valence-corrected chi connectivity index (χ2v) is 4.97. The second kappa shape index (κ2) is 10.2. The van der Waals surface area contributed by atoms with Crippen molar-refractivity contribution in [2.45, 2.75) is 45.4 Å². The Hall–Kier alpha value is -0.770. The molecule has 0 aromatic heterocycles. The Balaban J connectivity index is 1.81. The van der Waals surface area contributed by atoms with Crippen molar-refractivity contribution in [3.8, 4) is 0 Å². The van der Waals surface area contributed by atoms with Gasteiger partial charge >= 0.3 is 6.03 Å². The average Bonchev–Trinajstić information content (AvgIpc) is 2.87. The Kier molecular flexibility index (Phi) is 8.65. The SMILES string of the molecule is CCCCNC(=O)NCCCCCN1C[CH]CC1. The first-order valence-corrected chi connectivity index (χ1v) is 7.38. The van der Waals surface area contributed by atoms with E-state index in [0.717, 1.165) is 38.9 Å². The van der Waals surface area contributed by atoms with E-state index in [2.05, 4.69) is 28.9 Å². The zero-order valence-corrected chi connectivity index (χ0v) is 11.7. The van der Waals surface area contributed by atoms with Crippen molar-refractivity contribution in [3.05, 3.63) is 6.42 Å². The summed E-state index contributed by atoms with van der Waals surface area (Å²) in [7, 11) is 0. The number of likely N-dealkylation sites (tertiary alicyclic amines) is 1. The maximum absolute atomic E-state index is 11.3. The molecule has 0 bridgehead atoms. The molecule has 0 saturated carbocycles. The van der Waals surface area contributed by atoms with Crippen LogP contribution in [0.1, 0.15) is 45.4 Å². The van der Waals surface area contributed by atoms with Gasteiger partial charge < -0.3 is 15.5 Å². The first kappa shape index (κ1) is 15.3. The molecule has 1 aliphatic heterocycles. The second-order valence-electron chi connectivity index (χ2n) is 4.97. The highest BCUT2D eigenvalue weighted by molar-refractivity contribution is 5.73. The lowest BCUT2D eigenvalue weighted by Gasteiger charge is -2.13. The van der Waals surface area contributed by atoms with E-state index in [4.69, 9.17) is 0 Å². The molecule has 1 aliphatic rings. The van der Waals surface area contributed by atoms with Crippen LogP contribution < -0.4 is 10.6 Å². The molecule has 1 heterocycles. The Morgan fingerprint density at radius 3 is 2.61 bits per heavy atom. The van der Waals surface area contributed by atoms with Gasteiger partial charge in [0, 0.05) is 19.6 Å². The molecule has 105 valence electrons. The van der Waals surface area contributed by atoms with Crippen LogP contribution in [0.25, 0.3) is 0 Å². The van der Waals surface area contributed by atoms with Gasteiger partial charge in [-0.25, -0.2) is 4.79 Å². The molecule has 1 radical (unpaired) electrons. The van der Waals surface area contributed by atoms with Crippen LogP contribution >= 0.6 is 0 Å². The van der Waals surface area contributed by atoms with Crippen LogP contribution in [0.2, 0.25) is 0 Å². The molecule has 18 heavy (non-hydrogen) atoms. The van der Waals surface area contributed by atoms with Gasteiger partial charge in [0.1, 0.15) is 0 Å². The van der Waals surface area contributed by atoms with Crippen molar-refractivity contribution >= 4 is 6.03 Å². The molecule has 0 atom stereocenters. The van der Waals surface area contributed by atoms with Gasteiger partial charge in [-0.15, -0.1) is 0 Å². The number of unbranched alkanes of at least 4 members (excludes halogenated alkanes) is 3. The van der Waals surface area contributed by atoms with Gasteiger partial charge in [0.05, 0.1) is 0 Å². The summed E-state index contributed by atoms with van der Waals surface area (Å²) in [6.45, 7) is 7.31. The molecule has 4 nitrogen and oxygen atoms in total. The van der Waals surface area contributed by atoms with Crippen LogP contribution in [0.4, 0.5) is 4.79 Å². The number of carbonyl (C=O) groups is 1. The van der Waals surface area contributed by atoms with E-state index in [1.165, 1.54) is 32.4 Å². The molecule has 0 aliphatic carbocycles. The Bertz CT molecular complexity index is 215. The van der Waals surface area contributed by atoms with Crippen LogP contribution in [0.15, 0.2) is 0 Å². The van der Waals surface area contributed by atoms with E-state index in [9.17, 15) is 4.79 Å². The fourth-order valence-corrected chi connectivity index (χ4v) is 2.12. The molecule has 0 aromatic carbocycles. The number of carbonyl (C=O) groups excluding carboxylic acids is 1. The maximum atomic E-state index is 11.3. The summed E-state index contributed by atoms with van der Waals surface area (Å²) in [6, 6.07) is -0.0161. The zero-order chi connectivity index (χ0) is 13.1. The van der Waals surface area contributed by atoms with Gasteiger partial charge in [0.25, 0.3) is 0 Å². The van der Waals surface area contributed by atoms with Crippen molar-refractivity contribution < 1.29 is 4.79 Å². The Morgan fingerprint density at radius 1 is 1.17 bits per heavy atom. The topological polar surface area (TPSA) is 44.4 Å². The third-order valence-corrected chi connectivity index (χ3v) is 3.29. The van der Waals surface area contributed by atoms with Crippen LogP contribution in [0, 0.1) is 6.42 Å². The lowest BCUT2D eigenvalue weighted by molar-refractivity contribution is 0.240. The van der Waals surface area contributed by atoms with E-state index in [-0.39, 0.29) is 6.03 Å². The quantitative estimate of drug-likeness (QED) is 0.619. The highest BCUT2D eigenvalue weighted by Crippen LogP contribution is 2.07. The fraction of sp³-hybridized carbons (Fsp3) is 0.857. The van der Waals surface area contributed by atoms with E-state index < -0.39 is 0 Å². The highest BCUT2D eigenvalue weighted by Gasteiger charge is 2.10. The predicted octanol–water partition coefficient (Wildman–Crippen LogP) is 2.17. The van der Waals surface area contributed by atoms with Crippen LogP contribution in [0.5, 0.6) is 0 Å². The summed E-state index contributed by atoms with van der Waals surface area (Å²) in [5.41, 5.74) is 0. The van der Waals surface area contributed by atoms with Crippen molar-refractivity contribution in [1.29, 1.82) is 0 Å². The molecular formula is C14H28N3O. The highest BCUT2D eigenvalue weighted by atomic mass is 16.2. The third-order valence-electron chi connectivity index (χ3n) is 3.29. The number of amides is 2. The summed E-state index contributed by atoms with van der Waals surface area (Å²) in [5, 5.41) is 5.76. The van der Waals surface area contributed by atoms with E-state index >= 15 is 0 Å². The van der Waals surface area contributed by atoms with Gasteiger partial charge in [-0.05, 0) is 45.2 Å². The van der Waals surface area contributed by atoms with E-state index in [1.807, 2.05) is 0 Å². The summed E-state index contributed by atoms with van der Waals surface area (Å²) < 4.78 is 0. The summed E-state index contributed by atoms with van der Waals surface area (Å²) >= 11 is 0. The summed E-state index contributed by atoms with van der Waals surface area (Å²) in [5.74, 6) is 0. The number of hydrogen-bond donors (Lipinski definition) is 2. The van der Waals surface area contributed by atoms with Gasteiger partial charge in [0.15, 0.2) is 0 Å². The van der Waals surface area contributed by atoms with Crippen molar-refractivity contribution in [3.63, 3.8) is 0 Å². The molecule has 0 aromatic rings. The third kappa shape index (κ3) is 7.54. The smallest absolute Gasteiger partial charge is 0.314 e. The first-order chi connectivity index (χ1) is 8.83. The molecule has 2 amide bonds. The van der Waals surface area contributed by atoms with Gasteiger partial charge in [0.2, 0.25) is 0 Å². The molecule has 1 rings (SSSR count). The number of nitrogens with one attached hydrogen (secondary N) is 2. The molecule has 1 saturated heterocycles. The normalized spacial score (nSPS) is 15.8. The van der Waals surface area contributed by atoms with Gasteiger partial charge in [-0.3, -0.25) is 0 Å². The Labute approximate surface area is 111 Å². The van der Waals surface area contributed by atoms with Crippen LogP contribution in [0.3, 0.4) is 0 Å². The average molecular weight is 254 g/mol. The van der Waals surface area contributed by atoms with Crippen molar-refractivity contribution in [1.82, 2.24) is 15.5 Å². The Morgan fingerprint density at radius 2 is 1.94 bits per heavy atom. The van der Waals surface area contributed by atoms with Crippen molar-refractivity contribution in [2.24, 2.45) is 0 Å². The molecule has 1 fully saturated rings. The minimum atomic E-state index is -0.0161. The largest absolute Gasteiger partial charge is 0.338 e. The number of nitrogens with zero attached hydrogens (tertiary/aromatic N) is 1. The lowest BCUT2D eigenvalue weighted by Crippen LogP contribution is -2.36. The van der Waals surface area contributed by atoms with Gasteiger partial charge in [-0.1, -0.05) is 19.8 Å². The number of rotatable bonds is 9. The van der Waals surface area contributed by atoms with Gasteiger partial charge in [-0.2, -0.15) is 0 Å². The zero-order valence-electron chi connectivity index (χ0n) is 11.7. The van der Waals surface area contributed by atoms with Crippen LogP contribution in [-0.2, 0) is 0 Å². The maximum Gasteiger partial charge on any atom is 0.314 e. The number of urea groups is 1. The fourth-order valence-electron chi connectivity index (χ4n) is 2.12. The molecule has 2 N–H and O–H groups in total. The summed E-state index contributed by atoms with van der Waals surface area (Å²) in [6.07, 6.45) is 9.30. The van der Waals surface area contributed by atoms with E-state index in [1.54, 1.807) is 0 Å². The first-order valence-electron chi connectivity index (χ1n) is 7.38. The molecule has 0 spiro atoms. The minimum absolute atomic E-state index is 0.0161. The monoisotopic (exact) mass is 254 g/mol. The lowest BCUT2D eigenvalue weighted by atomic mass is 10.2. The molecular weight excluding hydrogens is 226 g/mol. The summed E-state index contributed by atoms with van der Waals surface area (Å²) in [4.78, 5) is 13.8. The predicted molar refractivity (Wildman–Crippen MR) is 75.5 cm³/mol. The van der Waals surface area contributed by atoms with E-state index in [0.29, 0.717) is 0 Å². The minimum Gasteiger partial charge on any atom is -0.338 e. The number of hydrogen-bond acceptors (Lipinski definition) is 2. The van der Waals surface area contributed by atoms with Crippen LogP contribution in [-0.4, -0.2) is 43.7 Å². The molecule has 0 unspecified atom stereocenters. The van der Waals surface area contributed by atoms with Crippen molar-refractivity contribution in [2.75, 3.05) is 32.7 Å². The molecule has 4 heteroatoms. The standard InChI is InChI=1S/C14H28N3O/c1-2-3-9-15-14(18)16-10-5-4-6-11-17-12-7-8-13-17/h7H,2-6,8-13H2,1H3,(H2,15,16,18).